The SMILES string of the molecule is COC(=O)c1cccc(-c2ccc(CNC(=O)[C@@H]3C[C@H]3c3ccccc3)c3c2CCN(C(=O)C2(C#N)CC2)C3)c1. The van der Waals surface area contributed by atoms with Crippen LogP contribution in [-0.4, -0.2) is 36.3 Å². The van der Waals surface area contributed by atoms with Crippen LogP contribution in [0.15, 0.2) is 66.7 Å². The summed E-state index contributed by atoms with van der Waals surface area (Å²) in [6, 6.07) is 23.8. The molecule has 7 heteroatoms. The number of rotatable bonds is 7. The lowest BCUT2D eigenvalue weighted by atomic mass is 9.86. The van der Waals surface area contributed by atoms with Gasteiger partial charge in [0.25, 0.3) is 0 Å². The molecule has 1 heterocycles. The van der Waals surface area contributed by atoms with Crippen molar-refractivity contribution in [2.75, 3.05) is 13.7 Å². The summed E-state index contributed by atoms with van der Waals surface area (Å²) in [5.41, 5.74) is 5.76. The van der Waals surface area contributed by atoms with E-state index in [0.717, 1.165) is 34.2 Å². The minimum absolute atomic E-state index is 0.0259. The van der Waals surface area contributed by atoms with Gasteiger partial charge in [0.05, 0.1) is 18.7 Å². The Morgan fingerprint density at radius 3 is 2.58 bits per heavy atom. The maximum atomic E-state index is 13.3. The molecule has 0 aromatic heterocycles. The Morgan fingerprint density at radius 1 is 1.05 bits per heavy atom. The molecule has 2 saturated carbocycles. The number of fused-ring (bicyclic) bond motifs is 1. The molecule has 0 spiro atoms. The van der Waals surface area contributed by atoms with E-state index in [2.05, 4.69) is 23.5 Å². The van der Waals surface area contributed by atoms with Crippen molar-refractivity contribution in [1.29, 1.82) is 5.26 Å². The molecule has 0 saturated heterocycles. The van der Waals surface area contributed by atoms with Crippen LogP contribution >= 0.6 is 0 Å². The fourth-order valence-electron chi connectivity index (χ4n) is 5.95. The van der Waals surface area contributed by atoms with Crippen molar-refractivity contribution >= 4 is 17.8 Å². The number of nitrogens with zero attached hydrogens (tertiary/aromatic N) is 2. The molecule has 2 fully saturated rings. The lowest BCUT2D eigenvalue weighted by Gasteiger charge is -2.33. The summed E-state index contributed by atoms with van der Waals surface area (Å²) in [4.78, 5) is 40.3. The number of hydrogen-bond donors (Lipinski definition) is 1. The van der Waals surface area contributed by atoms with E-state index in [4.69, 9.17) is 4.74 Å². The third kappa shape index (κ3) is 4.75. The van der Waals surface area contributed by atoms with Crippen molar-refractivity contribution in [2.45, 2.75) is 44.7 Å². The van der Waals surface area contributed by atoms with Gasteiger partial charge in [0.15, 0.2) is 0 Å². The van der Waals surface area contributed by atoms with Crippen LogP contribution < -0.4 is 5.32 Å². The van der Waals surface area contributed by atoms with Crippen LogP contribution in [0.2, 0.25) is 0 Å². The lowest BCUT2D eigenvalue weighted by molar-refractivity contribution is -0.136. The van der Waals surface area contributed by atoms with Crippen molar-refractivity contribution in [3.8, 4) is 17.2 Å². The highest BCUT2D eigenvalue weighted by Gasteiger charge is 2.53. The first-order valence-corrected chi connectivity index (χ1v) is 13.8. The molecule has 3 aromatic carbocycles. The normalized spacial score (nSPS) is 20.1. The van der Waals surface area contributed by atoms with E-state index in [1.165, 1.54) is 12.7 Å². The van der Waals surface area contributed by atoms with Crippen molar-refractivity contribution in [3.63, 3.8) is 0 Å². The molecule has 0 unspecified atom stereocenters. The number of carbonyl (C=O) groups excluding carboxylic acids is 3. The first kappa shape index (κ1) is 25.8. The fraction of sp³-hybridized carbons (Fsp3) is 0.333. The third-order valence-corrected chi connectivity index (χ3v) is 8.57. The zero-order valence-electron chi connectivity index (χ0n) is 22.5. The Bertz CT molecular complexity index is 1540. The summed E-state index contributed by atoms with van der Waals surface area (Å²) in [6.07, 6.45) is 2.70. The highest BCUT2D eigenvalue weighted by Crippen LogP contribution is 2.48. The standard InChI is InChI=1S/C33H31N3O4/c1-40-31(38)23-9-5-8-22(16-23)25-11-10-24(18-35-30(37)28-17-27(28)21-6-3-2-4-7-21)29-19-36(15-12-26(25)29)32(39)33(20-34)13-14-33/h2-11,16,27-28H,12-15,17-19H2,1H3,(H,35,37)/t27-,28+/m0/s1. The predicted molar refractivity (Wildman–Crippen MR) is 149 cm³/mol. The molecule has 6 rings (SSSR count). The van der Waals surface area contributed by atoms with Crippen LogP contribution in [0.1, 0.15) is 57.8 Å². The van der Waals surface area contributed by atoms with Gasteiger partial charge in [0.2, 0.25) is 11.8 Å². The number of nitrogens with one attached hydrogen (secondary N) is 1. The highest BCUT2D eigenvalue weighted by molar-refractivity contribution is 5.91. The Kier molecular flexibility index (Phi) is 6.63. The Labute approximate surface area is 233 Å². The van der Waals surface area contributed by atoms with Crippen molar-refractivity contribution < 1.29 is 19.1 Å². The minimum Gasteiger partial charge on any atom is -0.465 e. The van der Waals surface area contributed by atoms with Crippen molar-refractivity contribution in [1.82, 2.24) is 10.2 Å². The van der Waals surface area contributed by atoms with Gasteiger partial charge in [-0.15, -0.1) is 0 Å². The van der Waals surface area contributed by atoms with Crippen molar-refractivity contribution in [3.05, 3.63) is 94.5 Å². The van der Waals surface area contributed by atoms with Crippen LogP contribution in [0.4, 0.5) is 0 Å². The molecule has 3 aromatic rings. The molecule has 7 nitrogen and oxygen atoms in total. The maximum absolute atomic E-state index is 13.3. The van der Waals surface area contributed by atoms with Crippen molar-refractivity contribution in [2.24, 2.45) is 11.3 Å². The van der Waals surface area contributed by atoms with Crippen LogP contribution in [0, 0.1) is 22.7 Å². The molecule has 1 aliphatic heterocycles. The van der Waals surface area contributed by atoms with Crippen LogP contribution in [-0.2, 0) is 33.8 Å². The second kappa shape index (κ2) is 10.3. The zero-order valence-corrected chi connectivity index (χ0v) is 22.5. The molecule has 2 aliphatic carbocycles. The van der Waals surface area contributed by atoms with Gasteiger partial charge in [0, 0.05) is 25.6 Å². The van der Waals surface area contributed by atoms with Gasteiger partial charge >= 0.3 is 5.97 Å². The molecular formula is C33H31N3O4. The Hall–Kier alpha value is -4.44. The average Bonchev–Trinajstić information content (AvgIpc) is 3.94. The largest absolute Gasteiger partial charge is 0.465 e. The van der Waals surface area contributed by atoms with E-state index in [1.807, 2.05) is 48.5 Å². The first-order valence-electron chi connectivity index (χ1n) is 13.8. The van der Waals surface area contributed by atoms with Crippen LogP contribution in [0.5, 0.6) is 0 Å². The van der Waals surface area contributed by atoms with Gasteiger partial charge in [-0.25, -0.2) is 4.79 Å². The van der Waals surface area contributed by atoms with E-state index in [1.54, 1.807) is 11.0 Å². The molecule has 40 heavy (non-hydrogen) atoms. The number of esters is 1. The fourth-order valence-corrected chi connectivity index (χ4v) is 5.95. The summed E-state index contributed by atoms with van der Waals surface area (Å²) in [6.45, 7) is 1.28. The number of amides is 2. The number of nitriles is 1. The number of benzene rings is 3. The maximum Gasteiger partial charge on any atom is 0.337 e. The van der Waals surface area contributed by atoms with E-state index in [-0.39, 0.29) is 23.7 Å². The van der Waals surface area contributed by atoms with Crippen LogP contribution in [0.3, 0.4) is 0 Å². The quantitative estimate of drug-likeness (QED) is 0.442. The second-order valence-electron chi connectivity index (χ2n) is 11.0. The van der Waals surface area contributed by atoms with Gasteiger partial charge < -0.3 is 15.0 Å². The number of methoxy groups -OCH3 is 1. The Morgan fingerprint density at radius 2 is 1.85 bits per heavy atom. The molecule has 3 aliphatic rings. The van der Waals surface area contributed by atoms with Gasteiger partial charge in [-0.05, 0) is 77.1 Å². The van der Waals surface area contributed by atoms with E-state index < -0.39 is 11.4 Å². The molecule has 2 amide bonds. The van der Waals surface area contributed by atoms with Crippen LogP contribution in [0.25, 0.3) is 11.1 Å². The van der Waals surface area contributed by atoms with E-state index >= 15 is 0 Å². The average molecular weight is 534 g/mol. The van der Waals surface area contributed by atoms with Gasteiger partial charge in [0.1, 0.15) is 5.41 Å². The summed E-state index contributed by atoms with van der Waals surface area (Å²) in [7, 11) is 1.36. The summed E-state index contributed by atoms with van der Waals surface area (Å²) in [5, 5.41) is 12.8. The number of hydrogen-bond acceptors (Lipinski definition) is 5. The summed E-state index contributed by atoms with van der Waals surface area (Å²) >= 11 is 0. The third-order valence-electron chi connectivity index (χ3n) is 8.57. The summed E-state index contributed by atoms with van der Waals surface area (Å²) in [5.74, 6) is -0.220. The van der Waals surface area contributed by atoms with E-state index in [9.17, 15) is 19.6 Å². The summed E-state index contributed by atoms with van der Waals surface area (Å²) < 4.78 is 4.91. The molecule has 0 bridgehead atoms. The minimum atomic E-state index is -0.878. The molecular weight excluding hydrogens is 502 g/mol. The topological polar surface area (TPSA) is 99.5 Å². The second-order valence-corrected chi connectivity index (χ2v) is 11.0. The molecule has 0 radical (unpaired) electrons. The number of ether oxygens (including phenoxy) is 1. The smallest absolute Gasteiger partial charge is 0.337 e. The van der Waals surface area contributed by atoms with E-state index in [0.29, 0.717) is 44.5 Å². The predicted octanol–water partition coefficient (Wildman–Crippen LogP) is 4.75. The zero-order chi connectivity index (χ0) is 27.9. The number of carbonyl (C=O) groups is 3. The molecule has 2 atom stereocenters. The van der Waals surface area contributed by atoms with Gasteiger partial charge in [-0.2, -0.15) is 5.26 Å². The monoisotopic (exact) mass is 533 g/mol. The lowest BCUT2D eigenvalue weighted by Crippen LogP contribution is -2.41. The highest BCUT2D eigenvalue weighted by atomic mass is 16.5. The molecule has 1 N–H and O–H groups in total. The van der Waals surface area contributed by atoms with Gasteiger partial charge in [-0.3, -0.25) is 9.59 Å². The first-order chi connectivity index (χ1) is 19.4. The van der Waals surface area contributed by atoms with Gasteiger partial charge in [-0.1, -0.05) is 54.6 Å². The Balaban J connectivity index is 1.27. The molecule has 202 valence electrons.